The van der Waals surface area contributed by atoms with Gasteiger partial charge in [-0.3, -0.25) is 9.97 Å². The zero-order valence-corrected chi connectivity index (χ0v) is 16.1. The molecular weight excluding hydrogens is 388 g/mol. The van der Waals surface area contributed by atoms with E-state index in [4.69, 9.17) is 11.6 Å². The van der Waals surface area contributed by atoms with Crippen molar-refractivity contribution in [1.82, 2.24) is 19.5 Å². The van der Waals surface area contributed by atoms with Crippen LogP contribution in [0.3, 0.4) is 0 Å². The molecule has 29 heavy (non-hydrogen) atoms. The molecule has 6 nitrogen and oxygen atoms in total. The Morgan fingerprint density at radius 2 is 1.76 bits per heavy atom. The topological polar surface area (TPSA) is 80.9 Å². The number of halogens is 1. The van der Waals surface area contributed by atoms with E-state index in [9.17, 15) is 9.90 Å². The first-order valence-corrected chi connectivity index (χ1v) is 9.41. The lowest BCUT2D eigenvalue weighted by Crippen LogP contribution is -2.07. The Kier molecular flexibility index (Phi) is 5.35. The molecule has 0 radical (unpaired) electrons. The van der Waals surface area contributed by atoms with Crippen molar-refractivity contribution < 1.29 is 9.90 Å². The Morgan fingerprint density at radius 1 is 0.966 bits per heavy atom. The minimum atomic E-state index is -1.00. The molecule has 0 fully saturated rings. The van der Waals surface area contributed by atoms with E-state index in [0.717, 1.165) is 23.4 Å². The van der Waals surface area contributed by atoms with Crippen molar-refractivity contribution in [3.05, 3.63) is 89.3 Å². The third kappa shape index (κ3) is 4.17. The number of carboxylic acid groups (broad SMARTS) is 1. The van der Waals surface area contributed by atoms with Crippen molar-refractivity contribution in [2.24, 2.45) is 0 Å². The van der Waals surface area contributed by atoms with Crippen LogP contribution in [0.5, 0.6) is 0 Å². The number of hydrogen-bond acceptors (Lipinski definition) is 4. The predicted molar refractivity (Wildman–Crippen MR) is 111 cm³/mol. The molecule has 0 bridgehead atoms. The SMILES string of the molecule is O=C(O)c1ccnc(-c2ncc(-c3ccccn3)n2CCc2ccc(Cl)cc2)c1. The van der Waals surface area contributed by atoms with Crippen LogP contribution in [0.1, 0.15) is 15.9 Å². The van der Waals surface area contributed by atoms with Crippen molar-refractivity contribution in [2.75, 3.05) is 0 Å². The minimum absolute atomic E-state index is 0.168. The quantitative estimate of drug-likeness (QED) is 0.508. The summed E-state index contributed by atoms with van der Waals surface area (Å²) in [5.41, 5.74) is 3.44. The number of rotatable bonds is 6. The Morgan fingerprint density at radius 3 is 2.48 bits per heavy atom. The Balaban J connectivity index is 1.75. The maximum Gasteiger partial charge on any atom is 0.335 e. The van der Waals surface area contributed by atoms with Crippen molar-refractivity contribution >= 4 is 17.6 Å². The molecule has 4 rings (SSSR count). The van der Waals surface area contributed by atoms with Crippen LogP contribution in [-0.2, 0) is 13.0 Å². The number of imidazole rings is 1. The summed E-state index contributed by atoms with van der Waals surface area (Å²) in [5, 5.41) is 10.0. The van der Waals surface area contributed by atoms with Gasteiger partial charge < -0.3 is 9.67 Å². The molecule has 1 N–H and O–H groups in total. The first kappa shape index (κ1) is 18.8. The summed E-state index contributed by atoms with van der Waals surface area (Å²) in [5.74, 6) is -0.402. The van der Waals surface area contributed by atoms with Crippen LogP contribution in [0, 0.1) is 0 Å². The molecule has 0 aliphatic heterocycles. The van der Waals surface area contributed by atoms with Gasteiger partial charge >= 0.3 is 5.97 Å². The van der Waals surface area contributed by atoms with Gasteiger partial charge in [0, 0.05) is 24.0 Å². The summed E-state index contributed by atoms with van der Waals surface area (Å²) >= 11 is 5.98. The number of pyridine rings is 2. The van der Waals surface area contributed by atoms with Gasteiger partial charge in [-0.25, -0.2) is 9.78 Å². The van der Waals surface area contributed by atoms with Crippen LogP contribution in [0.15, 0.2) is 73.2 Å². The lowest BCUT2D eigenvalue weighted by Gasteiger charge is -2.12. The smallest absolute Gasteiger partial charge is 0.335 e. The Hall–Kier alpha value is -3.51. The predicted octanol–water partition coefficient (Wildman–Crippen LogP) is 4.60. The molecule has 0 aliphatic rings. The molecular formula is C22H17ClN4O2. The highest BCUT2D eigenvalue weighted by Gasteiger charge is 2.16. The van der Waals surface area contributed by atoms with E-state index >= 15 is 0 Å². The minimum Gasteiger partial charge on any atom is -0.478 e. The number of aromatic nitrogens is 4. The van der Waals surface area contributed by atoms with E-state index in [1.807, 2.05) is 47.0 Å². The molecule has 3 heterocycles. The van der Waals surface area contributed by atoms with Gasteiger partial charge in [0.1, 0.15) is 5.69 Å². The fraction of sp³-hybridized carbons (Fsp3) is 0.0909. The second kappa shape index (κ2) is 8.24. The fourth-order valence-electron chi connectivity index (χ4n) is 3.10. The van der Waals surface area contributed by atoms with Crippen LogP contribution in [0.25, 0.3) is 22.9 Å². The number of hydrogen-bond donors (Lipinski definition) is 1. The Bertz CT molecular complexity index is 1140. The van der Waals surface area contributed by atoms with E-state index in [0.29, 0.717) is 23.1 Å². The first-order chi connectivity index (χ1) is 14.1. The molecule has 0 aliphatic carbocycles. The number of nitrogens with zero attached hydrogens (tertiary/aromatic N) is 4. The summed E-state index contributed by atoms with van der Waals surface area (Å²) < 4.78 is 2.02. The average Bonchev–Trinajstić information content (AvgIpc) is 3.18. The lowest BCUT2D eigenvalue weighted by molar-refractivity contribution is 0.0697. The molecule has 0 amide bonds. The standard InChI is InChI=1S/C22H17ClN4O2/c23-17-6-4-15(5-7-17)9-12-27-20(18-3-1-2-10-24-18)14-26-21(27)19-13-16(22(28)29)8-11-25-19/h1-8,10-11,13-14H,9,12H2,(H,28,29). The first-order valence-electron chi connectivity index (χ1n) is 9.03. The summed E-state index contributed by atoms with van der Waals surface area (Å²) in [7, 11) is 0. The monoisotopic (exact) mass is 404 g/mol. The van der Waals surface area contributed by atoms with Crippen LogP contribution < -0.4 is 0 Å². The summed E-state index contributed by atoms with van der Waals surface area (Å²) in [6.45, 7) is 0.627. The fourth-order valence-corrected chi connectivity index (χ4v) is 3.23. The van der Waals surface area contributed by atoms with Crippen LogP contribution in [-0.4, -0.2) is 30.6 Å². The maximum absolute atomic E-state index is 11.4. The third-order valence-corrected chi connectivity index (χ3v) is 4.81. The molecule has 4 aromatic rings. The van der Waals surface area contributed by atoms with Gasteiger partial charge in [0.2, 0.25) is 0 Å². The second-order valence-corrected chi connectivity index (χ2v) is 6.88. The van der Waals surface area contributed by atoms with Gasteiger partial charge in [0.15, 0.2) is 5.82 Å². The highest BCUT2D eigenvalue weighted by atomic mass is 35.5. The van der Waals surface area contributed by atoms with Crippen molar-refractivity contribution in [3.8, 4) is 22.9 Å². The number of aryl methyl sites for hydroxylation is 1. The molecule has 0 atom stereocenters. The summed E-state index contributed by atoms with van der Waals surface area (Å²) in [6.07, 6.45) is 5.71. The van der Waals surface area contributed by atoms with Gasteiger partial charge in [-0.05, 0) is 48.4 Å². The van der Waals surface area contributed by atoms with Crippen molar-refractivity contribution in [1.29, 1.82) is 0 Å². The molecule has 7 heteroatoms. The molecule has 0 spiro atoms. The number of benzene rings is 1. The van der Waals surface area contributed by atoms with E-state index in [2.05, 4.69) is 15.0 Å². The second-order valence-electron chi connectivity index (χ2n) is 6.45. The molecule has 0 unspecified atom stereocenters. The van der Waals surface area contributed by atoms with Gasteiger partial charge in [0.05, 0.1) is 23.1 Å². The van der Waals surface area contributed by atoms with Crippen LogP contribution in [0.4, 0.5) is 0 Å². The average molecular weight is 405 g/mol. The van der Waals surface area contributed by atoms with E-state index in [1.54, 1.807) is 12.4 Å². The van der Waals surface area contributed by atoms with Gasteiger partial charge in [0.25, 0.3) is 0 Å². The van der Waals surface area contributed by atoms with Gasteiger partial charge in [-0.2, -0.15) is 0 Å². The van der Waals surface area contributed by atoms with Crippen molar-refractivity contribution in [3.63, 3.8) is 0 Å². The van der Waals surface area contributed by atoms with E-state index in [-0.39, 0.29) is 5.56 Å². The number of aromatic carboxylic acids is 1. The summed E-state index contributed by atoms with van der Waals surface area (Å²) in [6, 6.07) is 16.4. The van der Waals surface area contributed by atoms with Crippen molar-refractivity contribution in [2.45, 2.75) is 13.0 Å². The zero-order chi connectivity index (χ0) is 20.2. The Labute approximate surface area is 172 Å². The molecule has 0 saturated carbocycles. The zero-order valence-electron chi connectivity index (χ0n) is 15.4. The highest BCUT2D eigenvalue weighted by molar-refractivity contribution is 6.30. The summed E-state index contributed by atoms with van der Waals surface area (Å²) in [4.78, 5) is 24.7. The van der Waals surface area contributed by atoms with Gasteiger partial charge in [-0.1, -0.05) is 29.8 Å². The lowest BCUT2D eigenvalue weighted by atomic mass is 10.1. The normalized spacial score (nSPS) is 10.8. The molecule has 144 valence electrons. The largest absolute Gasteiger partial charge is 0.478 e. The number of carbonyl (C=O) groups is 1. The molecule has 3 aromatic heterocycles. The number of carboxylic acids is 1. The third-order valence-electron chi connectivity index (χ3n) is 4.56. The maximum atomic E-state index is 11.4. The molecule has 1 aromatic carbocycles. The van der Waals surface area contributed by atoms with Crippen LogP contribution >= 0.6 is 11.6 Å². The molecule has 0 saturated heterocycles. The van der Waals surface area contributed by atoms with Crippen LogP contribution in [0.2, 0.25) is 5.02 Å². The van der Waals surface area contributed by atoms with E-state index in [1.165, 1.54) is 18.3 Å². The highest BCUT2D eigenvalue weighted by Crippen LogP contribution is 2.25. The van der Waals surface area contributed by atoms with Gasteiger partial charge in [-0.15, -0.1) is 0 Å². The van der Waals surface area contributed by atoms with E-state index < -0.39 is 5.97 Å².